The molecule has 0 unspecified atom stereocenters. The zero-order valence-corrected chi connectivity index (χ0v) is 11.8. The Morgan fingerprint density at radius 3 is 2.35 bits per heavy atom. The number of rotatable bonds is 2. The Kier molecular flexibility index (Phi) is 3.35. The van der Waals surface area contributed by atoms with Crippen LogP contribution in [-0.4, -0.2) is 9.67 Å². The smallest absolute Gasteiger partial charge is 0.254 e. The van der Waals surface area contributed by atoms with E-state index in [1.807, 2.05) is 60.5 Å². The Balaban J connectivity index is 2.52. The summed E-state index contributed by atoms with van der Waals surface area (Å²) in [5, 5.41) is 10.4. The largest absolute Gasteiger partial charge is 0.380 e. The summed E-state index contributed by atoms with van der Waals surface area (Å²) in [4.78, 5) is 0. The van der Waals surface area contributed by atoms with Gasteiger partial charge in [-0.25, -0.2) is 9.13 Å². The molecule has 0 aliphatic heterocycles. The molecule has 2 rings (SSSR count). The summed E-state index contributed by atoms with van der Waals surface area (Å²) < 4.78 is 4.93. The van der Waals surface area contributed by atoms with Crippen molar-refractivity contribution in [3.63, 3.8) is 0 Å². The quantitative estimate of drug-likeness (QED) is 0.844. The number of hydrogen-bond acceptors (Lipinski definition) is 1. The molecule has 1 atom stereocenters. The van der Waals surface area contributed by atoms with Gasteiger partial charge in [0.1, 0.15) is 6.10 Å². The van der Waals surface area contributed by atoms with Gasteiger partial charge in [-0.15, -0.1) is 0 Å². The lowest BCUT2D eigenvalue weighted by Gasteiger charge is -2.08. The summed E-state index contributed by atoms with van der Waals surface area (Å²) in [5.41, 5.74) is 1.77. The van der Waals surface area contributed by atoms with Crippen LogP contribution in [0.5, 0.6) is 0 Å². The third-order valence-corrected chi connectivity index (χ3v) is 4.15. The summed E-state index contributed by atoms with van der Waals surface area (Å²) >= 11 is 3.53. The van der Waals surface area contributed by atoms with Crippen LogP contribution in [-0.2, 0) is 14.1 Å². The fraction of sp³-hybridized carbons (Fsp3) is 0.308. The van der Waals surface area contributed by atoms with Crippen molar-refractivity contribution < 1.29 is 9.67 Å². The molecule has 3 nitrogen and oxygen atoms in total. The van der Waals surface area contributed by atoms with Gasteiger partial charge < -0.3 is 5.11 Å². The first-order valence-corrected chi connectivity index (χ1v) is 6.27. The highest BCUT2D eigenvalue weighted by Crippen LogP contribution is 2.27. The van der Waals surface area contributed by atoms with E-state index in [9.17, 15) is 5.11 Å². The molecule has 0 spiro atoms. The molecule has 17 heavy (non-hydrogen) atoms. The third kappa shape index (κ3) is 2.03. The van der Waals surface area contributed by atoms with Crippen LogP contribution < -0.4 is 4.57 Å². The molecule has 1 N–H and O–H groups in total. The molecule has 1 aromatic carbocycles. The maximum Gasteiger partial charge on any atom is 0.254 e. The lowest BCUT2D eigenvalue weighted by molar-refractivity contribution is -0.688. The first-order valence-electron chi connectivity index (χ1n) is 5.47. The van der Waals surface area contributed by atoms with Gasteiger partial charge in [0.2, 0.25) is 4.60 Å². The highest BCUT2D eigenvalue weighted by molar-refractivity contribution is 9.10. The second-order valence-electron chi connectivity index (χ2n) is 4.15. The number of aliphatic hydroxyl groups excluding tert-OH is 1. The summed E-state index contributed by atoms with van der Waals surface area (Å²) in [6.45, 7) is 2.02. The van der Waals surface area contributed by atoms with Gasteiger partial charge in [-0.3, -0.25) is 0 Å². The van der Waals surface area contributed by atoms with E-state index in [4.69, 9.17) is 0 Å². The van der Waals surface area contributed by atoms with Crippen LogP contribution in [0, 0.1) is 6.92 Å². The zero-order valence-electron chi connectivity index (χ0n) is 10.2. The predicted octanol–water partition coefficient (Wildman–Crippen LogP) is 2.00. The van der Waals surface area contributed by atoms with Crippen LogP contribution in [0.2, 0.25) is 0 Å². The Morgan fingerprint density at radius 1 is 1.29 bits per heavy atom. The minimum absolute atomic E-state index is 0.615. The third-order valence-electron chi connectivity index (χ3n) is 3.21. The molecule has 1 heterocycles. The van der Waals surface area contributed by atoms with Gasteiger partial charge >= 0.3 is 0 Å². The fourth-order valence-corrected chi connectivity index (χ4v) is 2.68. The van der Waals surface area contributed by atoms with E-state index in [0.717, 1.165) is 21.7 Å². The second-order valence-corrected chi connectivity index (χ2v) is 4.91. The number of aliphatic hydroxyl groups is 1. The molecule has 90 valence electrons. The van der Waals surface area contributed by atoms with Gasteiger partial charge in [0.05, 0.1) is 14.1 Å². The Labute approximate surface area is 109 Å². The summed E-state index contributed by atoms with van der Waals surface area (Å²) in [7, 11) is 3.93. The van der Waals surface area contributed by atoms with Crippen molar-refractivity contribution in [3.05, 3.63) is 52.0 Å². The average Bonchev–Trinajstić information content (AvgIpc) is 2.54. The average molecular weight is 296 g/mol. The number of aromatic nitrogens is 2. The maximum absolute atomic E-state index is 10.4. The van der Waals surface area contributed by atoms with Gasteiger partial charge in [0.15, 0.2) is 5.69 Å². The van der Waals surface area contributed by atoms with Crippen LogP contribution in [0.25, 0.3) is 0 Å². The van der Waals surface area contributed by atoms with Crippen molar-refractivity contribution in [1.82, 2.24) is 4.57 Å². The van der Waals surface area contributed by atoms with E-state index in [2.05, 4.69) is 15.9 Å². The molecule has 0 aliphatic carbocycles. The predicted molar refractivity (Wildman–Crippen MR) is 69.5 cm³/mol. The number of nitrogens with zero attached hydrogens (tertiary/aromatic N) is 2. The van der Waals surface area contributed by atoms with Crippen molar-refractivity contribution in [3.8, 4) is 0 Å². The molecule has 1 aromatic heterocycles. The van der Waals surface area contributed by atoms with Crippen LogP contribution in [0.15, 0.2) is 34.9 Å². The van der Waals surface area contributed by atoms with Gasteiger partial charge in [0.25, 0.3) is 5.82 Å². The molecule has 0 aliphatic rings. The van der Waals surface area contributed by atoms with Gasteiger partial charge in [-0.05, 0) is 5.56 Å². The Morgan fingerprint density at radius 2 is 1.88 bits per heavy atom. The van der Waals surface area contributed by atoms with Crippen LogP contribution in [0.4, 0.5) is 0 Å². The normalized spacial score (nSPS) is 12.8. The second kappa shape index (κ2) is 4.63. The summed E-state index contributed by atoms with van der Waals surface area (Å²) in [6, 6.07) is 9.67. The van der Waals surface area contributed by atoms with Crippen LogP contribution >= 0.6 is 15.9 Å². The molecule has 0 saturated carbocycles. The first kappa shape index (κ1) is 12.3. The van der Waals surface area contributed by atoms with E-state index in [-0.39, 0.29) is 0 Å². The maximum atomic E-state index is 10.4. The molecule has 0 fully saturated rings. The molecule has 0 amide bonds. The Bertz CT molecular complexity index is 509. The molecule has 4 heteroatoms. The van der Waals surface area contributed by atoms with Gasteiger partial charge in [-0.2, -0.15) is 0 Å². The lowest BCUT2D eigenvalue weighted by Crippen LogP contribution is -2.31. The Hall–Kier alpha value is -1.13. The first-order chi connectivity index (χ1) is 8.04. The fourth-order valence-electron chi connectivity index (χ4n) is 1.94. The molecule has 2 aromatic rings. The molecule has 0 radical (unpaired) electrons. The van der Waals surface area contributed by atoms with E-state index >= 15 is 0 Å². The minimum atomic E-state index is -0.615. The van der Waals surface area contributed by atoms with Crippen LogP contribution in [0.1, 0.15) is 23.2 Å². The zero-order chi connectivity index (χ0) is 12.6. The standard InChI is InChI=1S/C13H16BrN2O/c1-9-15(2)11(13(14)16(9)3)12(17)10-7-5-4-6-8-10/h4-8,12,17H,1-3H3/q+1/t12-/m1/s1. The molecular weight excluding hydrogens is 280 g/mol. The molecular formula is C13H16BrN2O+. The number of hydrogen-bond donors (Lipinski definition) is 1. The summed E-state index contributed by atoms with van der Waals surface area (Å²) in [5.74, 6) is 1.09. The number of halogens is 1. The van der Waals surface area contributed by atoms with Crippen LogP contribution in [0.3, 0.4) is 0 Å². The highest BCUT2D eigenvalue weighted by Gasteiger charge is 2.28. The topological polar surface area (TPSA) is 29.0 Å². The van der Waals surface area contributed by atoms with E-state index in [1.54, 1.807) is 0 Å². The van der Waals surface area contributed by atoms with Crippen molar-refractivity contribution in [2.75, 3.05) is 0 Å². The minimum Gasteiger partial charge on any atom is -0.380 e. The SMILES string of the molecule is Cc1n(C)c([C@H](O)c2ccccc2)c(Br)[n+]1C. The highest BCUT2D eigenvalue weighted by atomic mass is 79.9. The molecule has 0 saturated heterocycles. The van der Waals surface area contributed by atoms with Crippen molar-refractivity contribution >= 4 is 15.9 Å². The number of imidazole rings is 1. The van der Waals surface area contributed by atoms with Gasteiger partial charge in [0, 0.05) is 22.9 Å². The van der Waals surface area contributed by atoms with Crippen molar-refractivity contribution in [2.45, 2.75) is 13.0 Å². The number of benzene rings is 1. The lowest BCUT2D eigenvalue weighted by atomic mass is 10.1. The van der Waals surface area contributed by atoms with Crippen molar-refractivity contribution in [2.24, 2.45) is 14.1 Å². The van der Waals surface area contributed by atoms with E-state index in [0.29, 0.717) is 0 Å². The summed E-state index contributed by atoms with van der Waals surface area (Å²) in [6.07, 6.45) is -0.615. The van der Waals surface area contributed by atoms with Crippen molar-refractivity contribution in [1.29, 1.82) is 0 Å². The van der Waals surface area contributed by atoms with E-state index < -0.39 is 6.10 Å². The molecule has 0 bridgehead atoms. The monoisotopic (exact) mass is 295 g/mol. The van der Waals surface area contributed by atoms with E-state index in [1.165, 1.54) is 0 Å². The van der Waals surface area contributed by atoms with Gasteiger partial charge in [-0.1, -0.05) is 30.3 Å².